The van der Waals surface area contributed by atoms with Gasteiger partial charge < -0.3 is 15.2 Å². The average Bonchev–Trinajstić information content (AvgIpc) is 2.49. The Balaban J connectivity index is 1.45. The van der Waals surface area contributed by atoms with Crippen molar-refractivity contribution in [2.24, 2.45) is 23.2 Å². The van der Waals surface area contributed by atoms with Crippen LogP contribution < -0.4 is 10.6 Å². The van der Waals surface area contributed by atoms with E-state index in [1.54, 1.807) is 0 Å². The Morgan fingerprint density at radius 1 is 1.15 bits per heavy atom. The molecule has 0 spiro atoms. The van der Waals surface area contributed by atoms with Crippen LogP contribution in [0.25, 0.3) is 0 Å². The van der Waals surface area contributed by atoms with Gasteiger partial charge in [-0.05, 0) is 62.7 Å². The van der Waals surface area contributed by atoms with Crippen LogP contribution in [0.1, 0.15) is 58.8 Å². The number of amides is 3. The fourth-order valence-corrected chi connectivity index (χ4v) is 5.42. The molecule has 0 radical (unpaired) electrons. The van der Waals surface area contributed by atoms with Gasteiger partial charge in [0.1, 0.15) is 0 Å². The third-order valence-electron chi connectivity index (χ3n) is 6.06. The van der Waals surface area contributed by atoms with Crippen molar-refractivity contribution in [1.29, 1.82) is 0 Å². The second kappa shape index (κ2) is 7.18. The Hall–Kier alpha value is -1.63. The Morgan fingerprint density at radius 2 is 1.81 bits per heavy atom. The predicted molar refractivity (Wildman–Crippen MR) is 94.0 cm³/mol. The van der Waals surface area contributed by atoms with Gasteiger partial charge in [-0.3, -0.25) is 14.9 Å². The van der Waals surface area contributed by atoms with Gasteiger partial charge in [0.15, 0.2) is 6.61 Å². The number of hydrogen-bond acceptors (Lipinski definition) is 5. The molecule has 3 N–H and O–H groups in total. The van der Waals surface area contributed by atoms with E-state index in [0.29, 0.717) is 30.7 Å². The Labute approximate surface area is 154 Å². The fourth-order valence-electron chi connectivity index (χ4n) is 5.42. The van der Waals surface area contributed by atoms with E-state index in [1.807, 2.05) is 13.8 Å². The monoisotopic (exact) mass is 366 g/mol. The highest BCUT2D eigenvalue weighted by Gasteiger charge is 2.60. The van der Waals surface area contributed by atoms with Crippen LogP contribution in [0, 0.1) is 23.2 Å². The SMILES string of the molecule is CC(C)CCNC(=O)NC(=O)COC(=O)C12C[C@H]3C[C@@H](CC(O)(C3)C1)C2. The number of aliphatic hydroxyl groups is 1. The predicted octanol–water partition coefficient (Wildman–Crippen LogP) is 1.73. The van der Waals surface area contributed by atoms with E-state index >= 15 is 0 Å². The number of esters is 1. The first-order valence-electron chi connectivity index (χ1n) is 9.67. The van der Waals surface area contributed by atoms with Crippen molar-refractivity contribution in [2.45, 2.75) is 64.4 Å². The molecule has 0 aliphatic heterocycles. The number of nitrogens with one attached hydrogen (secondary N) is 2. The lowest BCUT2D eigenvalue weighted by Crippen LogP contribution is -2.58. The summed E-state index contributed by atoms with van der Waals surface area (Å²) in [6.45, 7) is 4.11. The molecule has 4 saturated carbocycles. The zero-order chi connectivity index (χ0) is 18.9. The first-order valence-corrected chi connectivity index (χ1v) is 9.67. The van der Waals surface area contributed by atoms with Gasteiger partial charge in [0.2, 0.25) is 0 Å². The van der Waals surface area contributed by atoms with Crippen molar-refractivity contribution in [3.05, 3.63) is 0 Å². The number of imide groups is 1. The normalized spacial score (nSPS) is 34.6. The molecule has 4 fully saturated rings. The summed E-state index contributed by atoms with van der Waals surface area (Å²) in [5.74, 6) is 0.162. The van der Waals surface area contributed by atoms with Gasteiger partial charge >= 0.3 is 12.0 Å². The third-order valence-corrected chi connectivity index (χ3v) is 6.06. The van der Waals surface area contributed by atoms with Crippen LogP contribution in [-0.4, -0.2) is 41.8 Å². The number of carbonyl (C=O) groups is 3. The maximum absolute atomic E-state index is 12.7. The number of rotatable bonds is 6. The summed E-state index contributed by atoms with van der Waals surface area (Å²) in [7, 11) is 0. The molecule has 26 heavy (non-hydrogen) atoms. The van der Waals surface area contributed by atoms with Gasteiger partial charge in [-0.2, -0.15) is 0 Å². The van der Waals surface area contributed by atoms with Crippen LogP contribution in [0.3, 0.4) is 0 Å². The molecule has 0 aromatic carbocycles. The fraction of sp³-hybridized carbons (Fsp3) is 0.842. The van der Waals surface area contributed by atoms with Crippen molar-refractivity contribution in [3.8, 4) is 0 Å². The highest BCUT2D eigenvalue weighted by atomic mass is 16.5. The van der Waals surface area contributed by atoms with Crippen molar-refractivity contribution in [1.82, 2.24) is 10.6 Å². The zero-order valence-electron chi connectivity index (χ0n) is 15.7. The van der Waals surface area contributed by atoms with E-state index in [1.165, 1.54) is 0 Å². The summed E-state index contributed by atoms with van der Waals surface area (Å²) in [6, 6.07) is -0.573. The first kappa shape index (κ1) is 19.1. The average molecular weight is 366 g/mol. The van der Waals surface area contributed by atoms with Crippen LogP contribution in [0.4, 0.5) is 4.79 Å². The van der Waals surface area contributed by atoms with Gasteiger partial charge in [0, 0.05) is 6.54 Å². The van der Waals surface area contributed by atoms with E-state index < -0.39 is 35.5 Å². The van der Waals surface area contributed by atoms with Crippen LogP contribution >= 0.6 is 0 Å². The summed E-state index contributed by atoms with van der Waals surface area (Å²) in [5, 5.41) is 15.5. The maximum atomic E-state index is 12.7. The second-order valence-corrected chi connectivity index (χ2v) is 9.03. The van der Waals surface area contributed by atoms with Crippen LogP contribution in [0.5, 0.6) is 0 Å². The molecule has 0 unspecified atom stereocenters. The number of carbonyl (C=O) groups excluding carboxylic acids is 3. The molecule has 4 rings (SSSR count). The molecule has 4 aliphatic rings. The van der Waals surface area contributed by atoms with Crippen molar-refractivity contribution in [3.63, 3.8) is 0 Å². The van der Waals surface area contributed by atoms with Crippen molar-refractivity contribution >= 4 is 17.9 Å². The largest absolute Gasteiger partial charge is 0.455 e. The molecule has 0 aromatic rings. The van der Waals surface area contributed by atoms with Crippen LogP contribution in [-0.2, 0) is 14.3 Å². The highest BCUT2D eigenvalue weighted by Crippen LogP contribution is 2.61. The molecule has 4 bridgehead atoms. The number of urea groups is 1. The molecular weight excluding hydrogens is 336 g/mol. The number of ether oxygens (including phenoxy) is 1. The summed E-state index contributed by atoms with van der Waals surface area (Å²) in [5.41, 5.74) is -1.40. The smallest absolute Gasteiger partial charge is 0.321 e. The summed E-state index contributed by atoms with van der Waals surface area (Å²) in [4.78, 5) is 36.1. The van der Waals surface area contributed by atoms with E-state index in [2.05, 4.69) is 10.6 Å². The summed E-state index contributed by atoms with van der Waals surface area (Å²) < 4.78 is 5.24. The van der Waals surface area contributed by atoms with Gasteiger partial charge in [0.25, 0.3) is 5.91 Å². The molecule has 0 saturated heterocycles. The molecular formula is C19H30N2O5. The third kappa shape index (κ3) is 4.19. The van der Waals surface area contributed by atoms with Gasteiger partial charge in [-0.15, -0.1) is 0 Å². The van der Waals surface area contributed by atoms with E-state index in [4.69, 9.17) is 4.74 Å². The minimum atomic E-state index is -0.748. The van der Waals surface area contributed by atoms with Crippen LogP contribution in [0.15, 0.2) is 0 Å². The van der Waals surface area contributed by atoms with E-state index in [-0.39, 0.29) is 0 Å². The zero-order valence-corrected chi connectivity index (χ0v) is 15.7. The lowest BCUT2D eigenvalue weighted by atomic mass is 9.48. The highest BCUT2D eigenvalue weighted by molar-refractivity contribution is 5.95. The maximum Gasteiger partial charge on any atom is 0.321 e. The Kier molecular flexibility index (Phi) is 5.28. The standard InChI is InChI=1S/C19H30N2O5/c1-12(2)3-4-20-17(24)21-15(22)10-26-16(23)18-6-13-5-14(7-18)9-19(25,8-13)11-18/h12-14,25H,3-11H2,1-2H3,(H2,20,21,22,24)/t13-,14-,18?,19?/m1/s1. The van der Waals surface area contributed by atoms with E-state index in [0.717, 1.165) is 38.5 Å². The summed E-state index contributed by atoms with van der Waals surface area (Å²) in [6.07, 6.45) is 5.36. The molecule has 146 valence electrons. The molecule has 7 nitrogen and oxygen atoms in total. The lowest BCUT2D eigenvalue weighted by molar-refractivity contribution is -0.196. The van der Waals surface area contributed by atoms with Gasteiger partial charge in [-0.25, -0.2) is 4.79 Å². The lowest BCUT2D eigenvalue weighted by Gasteiger charge is -2.58. The quantitative estimate of drug-likeness (QED) is 0.621. The number of hydrogen-bond donors (Lipinski definition) is 3. The Bertz CT molecular complexity index is 574. The topological polar surface area (TPSA) is 105 Å². The van der Waals surface area contributed by atoms with E-state index in [9.17, 15) is 19.5 Å². The van der Waals surface area contributed by atoms with Crippen molar-refractivity contribution in [2.75, 3.05) is 13.2 Å². The van der Waals surface area contributed by atoms with Gasteiger partial charge in [0.05, 0.1) is 11.0 Å². The molecule has 0 heterocycles. The molecule has 4 aliphatic carbocycles. The van der Waals surface area contributed by atoms with Crippen LogP contribution in [0.2, 0.25) is 0 Å². The van der Waals surface area contributed by atoms with Crippen molar-refractivity contribution < 1.29 is 24.2 Å². The summed E-state index contributed by atoms with van der Waals surface area (Å²) >= 11 is 0. The molecule has 3 amide bonds. The second-order valence-electron chi connectivity index (χ2n) is 9.03. The molecule has 7 heteroatoms. The Morgan fingerprint density at radius 3 is 2.38 bits per heavy atom. The molecule has 0 aromatic heterocycles. The minimum absolute atomic E-state index is 0.370. The van der Waals surface area contributed by atoms with Gasteiger partial charge in [-0.1, -0.05) is 13.8 Å². The molecule has 2 atom stereocenters. The minimum Gasteiger partial charge on any atom is -0.455 e. The first-order chi connectivity index (χ1) is 12.2.